The summed E-state index contributed by atoms with van der Waals surface area (Å²) in [6.07, 6.45) is 13.8. The number of nitriles is 1. The number of ether oxygens (including phenoxy) is 1. The molecule has 0 aliphatic heterocycles. The molecule has 1 aliphatic rings. The highest BCUT2D eigenvalue weighted by Crippen LogP contribution is 2.41. The van der Waals surface area contributed by atoms with Crippen molar-refractivity contribution in [3.8, 4) is 6.07 Å². The van der Waals surface area contributed by atoms with Crippen molar-refractivity contribution in [3.63, 3.8) is 0 Å². The number of hydrogen-bond donors (Lipinski definition) is 0. The van der Waals surface area contributed by atoms with Crippen LogP contribution in [0.25, 0.3) is 0 Å². The minimum atomic E-state index is -0.225. The van der Waals surface area contributed by atoms with Crippen LogP contribution in [0.2, 0.25) is 0 Å². The highest BCUT2D eigenvalue weighted by Gasteiger charge is 2.36. The predicted molar refractivity (Wildman–Crippen MR) is 114 cm³/mol. The first-order valence-electron chi connectivity index (χ1n) is 11.3. The normalized spacial score (nSPS) is 21.8. The summed E-state index contributed by atoms with van der Waals surface area (Å²) in [5.41, 5.74) is 1.72. The van der Waals surface area contributed by atoms with Gasteiger partial charge in [-0.25, -0.2) is 4.79 Å². The van der Waals surface area contributed by atoms with Gasteiger partial charge in [-0.15, -0.1) is 0 Å². The zero-order valence-electron chi connectivity index (χ0n) is 17.8. The molecule has 0 unspecified atom stereocenters. The Hall–Kier alpha value is -1.82. The summed E-state index contributed by atoms with van der Waals surface area (Å²) >= 11 is 0. The summed E-state index contributed by atoms with van der Waals surface area (Å²) in [4.78, 5) is 12.5. The number of rotatable bonds is 11. The highest BCUT2D eigenvalue weighted by molar-refractivity contribution is 5.89. The van der Waals surface area contributed by atoms with Gasteiger partial charge in [0.25, 0.3) is 0 Å². The summed E-state index contributed by atoms with van der Waals surface area (Å²) in [5, 5.41) is 9.69. The molecule has 1 aromatic rings. The van der Waals surface area contributed by atoms with Crippen molar-refractivity contribution < 1.29 is 9.53 Å². The Bertz CT molecular complexity index is 621. The molecule has 2 rings (SSSR count). The van der Waals surface area contributed by atoms with Crippen LogP contribution in [0.5, 0.6) is 0 Å². The average molecular weight is 384 g/mol. The number of hydrogen-bond acceptors (Lipinski definition) is 3. The van der Waals surface area contributed by atoms with E-state index in [2.05, 4.69) is 19.9 Å². The van der Waals surface area contributed by atoms with Gasteiger partial charge in [-0.05, 0) is 62.6 Å². The van der Waals surface area contributed by atoms with E-state index in [0.717, 1.165) is 44.9 Å². The number of carbonyl (C=O) groups is 1. The summed E-state index contributed by atoms with van der Waals surface area (Å²) in [7, 11) is 0. The van der Waals surface area contributed by atoms with E-state index in [4.69, 9.17) is 4.74 Å². The van der Waals surface area contributed by atoms with Crippen molar-refractivity contribution >= 4 is 5.97 Å². The zero-order chi connectivity index (χ0) is 20.2. The van der Waals surface area contributed by atoms with Crippen LogP contribution < -0.4 is 0 Å². The molecular weight excluding hydrogens is 346 g/mol. The summed E-state index contributed by atoms with van der Waals surface area (Å²) in [6.45, 7) is 4.41. The van der Waals surface area contributed by atoms with Gasteiger partial charge in [0.15, 0.2) is 0 Å². The number of unbranched alkanes of at least 4 members (excludes halogenated alkanes) is 5. The quantitative estimate of drug-likeness (QED) is 0.305. The van der Waals surface area contributed by atoms with Crippen LogP contribution in [0.1, 0.15) is 107 Å². The Kier molecular flexibility index (Phi) is 9.55. The van der Waals surface area contributed by atoms with Crippen molar-refractivity contribution in [2.75, 3.05) is 0 Å². The Morgan fingerprint density at radius 1 is 1.04 bits per heavy atom. The van der Waals surface area contributed by atoms with Gasteiger partial charge in [-0.1, -0.05) is 64.5 Å². The molecule has 0 radical (unpaired) electrons. The molecule has 0 spiro atoms. The van der Waals surface area contributed by atoms with Crippen LogP contribution in [0.15, 0.2) is 24.3 Å². The van der Waals surface area contributed by atoms with Crippen molar-refractivity contribution in [3.05, 3.63) is 35.4 Å². The fourth-order valence-electron chi connectivity index (χ4n) is 4.18. The summed E-state index contributed by atoms with van der Waals surface area (Å²) < 4.78 is 5.75. The standard InChI is InChI=1S/C25H37NO2/c1-3-5-7-9-17-25(20-26)18-15-23(16-19-25)28-24(27)22-13-11-21(12-14-22)10-8-6-4-2/h11-14,23H,3-10,15-19H2,1-2H3/t23-,25+. The van der Waals surface area contributed by atoms with Crippen LogP contribution in [0.4, 0.5) is 0 Å². The van der Waals surface area contributed by atoms with E-state index < -0.39 is 0 Å². The third-order valence-corrected chi connectivity index (χ3v) is 6.17. The van der Waals surface area contributed by atoms with Gasteiger partial charge >= 0.3 is 5.97 Å². The molecule has 0 amide bonds. The first-order chi connectivity index (χ1) is 13.6. The fourth-order valence-corrected chi connectivity index (χ4v) is 4.18. The molecule has 154 valence electrons. The number of carbonyl (C=O) groups excluding carboxylic acids is 1. The van der Waals surface area contributed by atoms with Crippen molar-refractivity contribution in [1.29, 1.82) is 5.26 Å². The zero-order valence-corrected chi connectivity index (χ0v) is 17.8. The Balaban J connectivity index is 1.78. The minimum absolute atomic E-state index is 0.0474. The average Bonchev–Trinajstić information content (AvgIpc) is 2.73. The van der Waals surface area contributed by atoms with Gasteiger partial charge in [-0.3, -0.25) is 0 Å². The summed E-state index contributed by atoms with van der Waals surface area (Å²) in [6, 6.07) is 10.5. The molecule has 0 atom stereocenters. The number of esters is 1. The van der Waals surface area contributed by atoms with Gasteiger partial charge in [0.1, 0.15) is 6.10 Å². The molecule has 3 nitrogen and oxygen atoms in total. The molecule has 0 N–H and O–H groups in total. The lowest BCUT2D eigenvalue weighted by Gasteiger charge is -2.34. The van der Waals surface area contributed by atoms with Crippen molar-refractivity contribution in [1.82, 2.24) is 0 Å². The monoisotopic (exact) mass is 383 g/mol. The highest BCUT2D eigenvalue weighted by atomic mass is 16.5. The van der Waals surface area contributed by atoms with Crippen molar-refractivity contribution in [2.24, 2.45) is 5.41 Å². The van der Waals surface area contributed by atoms with E-state index in [-0.39, 0.29) is 17.5 Å². The molecule has 0 bridgehead atoms. The molecule has 28 heavy (non-hydrogen) atoms. The Morgan fingerprint density at radius 3 is 2.29 bits per heavy atom. The van der Waals surface area contributed by atoms with Crippen LogP contribution >= 0.6 is 0 Å². The molecule has 1 fully saturated rings. The van der Waals surface area contributed by atoms with Gasteiger partial charge in [0.2, 0.25) is 0 Å². The minimum Gasteiger partial charge on any atom is -0.459 e. The van der Waals surface area contributed by atoms with E-state index in [1.54, 1.807) is 0 Å². The smallest absolute Gasteiger partial charge is 0.338 e. The van der Waals surface area contributed by atoms with Gasteiger partial charge in [0, 0.05) is 0 Å². The van der Waals surface area contributed by atoms with Gasteiger partial charge in [-0.2, -0.15) is 5.26 Å². The Labute approximate surface area is 171 Å². The second-order valence-electron chi connectivity index (χ2n) is 8.46. The number of benzene rings is 1. The maximum Gasteiger partial charge on any atom is 0.338 e. The largest absolute Gasteiger partial charge is 0.459 e. The second-order valence-corrected chi connectivity index (χ2v) is 8.46. The van der Waals surface area contributed by atoms with E-state index in [1.165, 1.54) is 44.1 Å². The van der Waals surface area contributed by atoms with E-state index >= 15 is 0 Å². The molecule has 0 aromatic heterocycles. The van der Waals surface area contributed by atoms with Crippen LogP contribution in [0.3, 0.4) is 0 Å². The molecule has 0 heterocycles. The van der Waals surface area contributed by atoms with E-state index in [1.807, 2.05) is 24.3 Å². The maximum atomic E-state index is 12.5. The molecule has 1 saturated carbocycles. The molecule has 3 heteroatoms. The van der Waals surface area contributed by atoms with Crippen LogP contribution in [-0.4, -0.2) is 12.1 Å². The van der Waals surface area contributed by atoms with Gasteiger partial charge < -0.3 is 4.74 Å². The first-order valence-corrected chi connectivity index (χ1v) is 11.3. The molecule has 1 aliphatic carbocycles. The topological polar surface area (TPSA) is 50.1 Å². The van der Waals surface area contributed by atoms with E-state index in [0.29, 0.717) is 5.56 Å². The molecule has 0 saturated heterocycles. The molecular formula is C25H37NO2. The first kappa shape index (κ1) is 22.5. The predicted octanol–water partition coefficient (Wildman–Crippen LogP) is 7.00. The third-order valence-electron chi connectivity index (χ3n) is 6.17. The maximum absolute atomic E-state index is 12.5. The second kappa shape index (κ2) is 11.9. The third kappa shape index (κ3) is 6.97. The van der Waals surface area contributed by atoms with E-state index in [9.17, 15) is 10.1 Å². The number of nitrogens with zero attached hydrogens (tertiary/aromatic N) is 1. The van der Waals surface area contributed by atoms with Crippen LogP contribution in [-0.2, 0) is 11.2 Å². The van der Waals surface area contributed by atoms with Gasteiger partial charge in [0.05, 0.1) is 17.0 Å². The number of aryl methyl sites for hydroxylation is 1. The lowest BCUT2D eigenvalue weighted by Crippen LogP contribution is -2.31. The fraction of sp³-hybridized carbons (Fsp3) is 0.680. The summed E-state index contributed by atoms with van der Waals surface area (Å²) in [5.74, 6) is -0.225. The SMILES string of the molecule is CCCCCC[C@]1(C#N)CC[C@@H](OC(=O)c2ccc(CCCCC)cc2)CC1. The van der Waals surface area contributed by atoms with Crippen LogP contribution in [0, 0.1) is 16.7 Å². The lowest BCUT2D eigenvalue weighted by atomic mass is 9.71. The molecule has 1 aromatic carbocycles. The Morgan fingerprint density at radius 2 is 1.68 bits per heavy atom. The van der Waals surface area contributed by atoms with Crippen molar-refractivity contribution in [2.45, 2.75) is 103 Å². The lowest BCUT2D eigenvalue weighted by molar-refractivity contribution is 0.0105.